The van der Waals surface area contributed by atoms with E-state index in [4.69, 9.17) is 11.6 Å². The van der Waals surface area contributed by atoms with Gasteiger partial charge in [0.05, 0.1) is 22.0 Å². The number of amides is 1. The Kier molecular flexibility index (Phi) is 3.93. The van der Waals surface area contributed by atoms with Gasteiger partial charge in [-0.25, -0.2) is 4.99 Å². The van der Waals surface area contributed by atoms with Crippen LogP contribution in [0.2, 0.25) is 5.02 Å². The number of aliphatic imine (C=N–C) groups is 1. The van der Waals surface area contributed by atoms with E-state index in [0.717, 1.165) is 22.7 Å². The second-order valence-electron chi connectivity index (χ2n) is 4.77. The fourth-order valence-electron chi connectivity index (χ4n) is 2.13. The Bertz CT molecular complexity index is 849. The maximum Gasteiger partial charge on any atom is 0.416 e. The Balaban J connectivity index is 2.13. The topological polar surface area (TPSA) is 41.5 Å². The van der Waals surface area contributed by atoms with E-state index in [1.54, 1.807) is 18.2 Å². The predicted octanol–water partition coefficient (Wildman–Crippen LogP) is 5.19. The van der Waals surface area contributed by atoms with Crippen LogP contribution in [0.1, 0.15) is 11.1 Å². The average Bonchev–Trinajstić information content (AvgIpc) is 2.76. The average molecular weight is 404 g/mol. The highest BCUT2D eigenvalue weighted by atomic mass is 79.9. The molecule has 1 amide bonds. The maximum absolute atomic E-state index is 12.8. The molecule has 0 saturated heterocycles. The summed E-state index contributed by atoms with van der Waals surface area (Å²) in [5, 5.41) is 2.63. The molecule has 0 saturated carbocycles. The molecule has 0 bridgehead atoms. The monoisotopic (exact) mass is 402 g/mol. The van der Waals surface area contributed by atoms with Gasteiger partial charge >= 0.3 is 6.18 Å². The molecule has 0 atom stereocenters. The van der Waals surface area contributed by atoms with Crippen molar-refractivity contribution >= 4 is 50.5 Å². The molecular weight excluding hydrogens is 397 g/mol. The third kappa shape index (κ3) is 3.11. The minimum atomic E-state index is -4.52. The van der Waals surface area contributed by atoms with E-state index < -0.39 is 17.6 Å². The number of rotatable bonds is 1. The number of fused-ring (bicyclic) bond motifs is 1. The maximum atomic E-state index is 12.8. The quantitative estimate of drug-likeness (QED) is 0.699. The molecule has 1 heterocycles. The van der Waals surface area contributed by atoms with Crippen LogP contribution in [-0.2, 0) is 11.0 Å². The van der Waals surface area contributed by atoms with Crippen molar-refractivity contribution in [3.8, 4) is 0 Å². The Labute approximate surface area is 142 Å². The van der Waals surface area contributed by atoms with Gasteiger partial charge in [-0.15, -0.1) is 0 Å². The van der Waals surface area contributed by atoms with E-state index >= 15 is 0 Å². The van der Waals surface area contributed by atoms with Crippen molar-refractivity contribution in [2.24, 2.45) is 4.99 Å². The van der Waals surface area contributed by atoms with Crippen LogP contribution in [0.4, 0.5) is 24.5 Å². The molecule has 3 nitrogen and oxygen atoms in total. The molecule has 118 valence electrons. The van der Waals surface area contributed by atoms with Gasteiger partial charge in [-0.3, -0.25) is 4.79 Å². The zero-order chi connectivity index (χ0) is 16.8. The van der Waals surface area contributed by atoms with Crippen molar-refractivity contribution in [2.45, 2.75) is 6.18 Å². The summed E-state index contributed by atoms with van der Waals surface area (Å²) in [6, 6.07) is 7.86. The fraction of sp³-hybridized carbons (Fsp3) is 0.0667. The van der Waals surface area contributed by atoms with Crippen molar-refractivity contribution in [1.82, 2.24) is 0 Å². The number of carbonyl (C=O) groups is 1. The van der Waals surface area contributed by atoms with Gasteiger partial charge in [0, 0.05) is 10.0 Å². The summed E-state index contributed by atoms with van der Waals surface area (Å²) in [4.78, 5) is 16.1. The van der Waals surface area contributed by atoms with Crippen LogP contribution >= 0.6 is 27.5 Å². The summed E-state index contributed by atoms with van der Waals surface area (Å²) >= 11 is 9.20. The number of halogens is 5. The minimum Gasteiger partial charge on any atom is -0.320 e. The molecule has 0 unspecified atom stereocenters. The second-order valence-corrected chi connectivity index (χ2v) is 6.09. The molecule has 2 aromatic carbocycles. The first-order valence-electron chi connectivity index (χ1n) is 6.32. The van der Waals surface area contributed by atoms with Crippen LogP contribution in [0.15, 0.2) is 45.9 Å². The van der Waals surface area contributed by atoms with E-state index in [0.29, 0.717) is 11.3 Å². The summed E-state index contributed by atoms with van der Waals surface area (Å²) in [7, 11) is 0. The van der Waals surface area contributed by atoms with Crippen LogP contribution in [0.3, 0.4) is 0 Å². The van der Waals surface area contributed by atoms with Crippen molar-refractivity contribution in [3.63, 3.8) is 0 Å². The van der Waals surface area contributed by atoms with Gasteiger partial charge in [0.2, 0.25) is 0 Å². The highest BCUT2D eigenvalue weighted by molar-refractivity contribution is 9.10. The molecule has 0 aliphatic carbocycles. The molecule has 3 rings (SSSR count). The van der Waals surface area contributed by atoms with Crippen LogP contribution in [0, 0.1) is 0 Å². The molecule has 0 fully saturated rings. The van der Waals surface area contributed by atoms with E-state index in [-0.39, 0.29) is 16.4 Å². The highest BCUT2D eigenvalue weighted by Gasteiger charge is 2.31. The fourth-order valence-corrected chi connectivity index (χ4v) is 2.65. The van der Waals surface area contributed by atoms with Crippen LogP contribution in [0.25, 0.3) is 0 Å². The third-order valence-corrected chi connectivity index (χ3v) is 4.02. The second kappa shape index (κ2) is 5.65. The summed E-state index contributed by atoms with van der Waals surface area (Å²) in [5.74, 6) is -0.494. The molecule has 23 heavy (non-hydrogen) atoms. The summed E-state index contributed by atoms with van der Waals surface area (Å²) in [6.07, 6.45) is -4.52. The number of nitrogens with zero attached hydrogens (tertiary/aromatic N) is 1. The van der Waals surface area contributed by atoms with Crippen LogP contribution < -0.4 is 5.32 Å². The van der Waals surface area contributed by atoms with Crippen LogP contribution in [-0.4, -0.2) is 11.6 Å². The lowest BCUT2D eigenvalue weighted by atomic mass is 10.1. The molecule has 1 aliphatic rings. The van der Waals surface area contributed by atoms with Gasteiger partial charge in [-0.2, -0.15) is 13.2 Å². The minimum absolute atomic E-state index is 0.0162. The van der Waals surface area contributed by atoms with Crippen molar-refractivity contribution in [1.29, 1.82) is 0 Å². The first kappa shape index (κ1) is 16.0. The Morgan fingerprint density at radius 1 is 1.13 bits per heavy atom. The van der Waals surface area contributed by atoms with Crippen LogP contribution in [0.5, 0.6) is 0 Å². The summed E-state index contributed by atoms with van der Waals surface area (Å²) in [6.45, 7) is 0. The SMILES string of the molecule is O=C1Nc2ccc(Br)cc2C1=Nc1cc(C(F)(F)F)ccc1Cl. The molecule has 0 spiro atoms. The molecule has 1 N–H and O–H groups in total. The zero-order valence-corrected chi connectivity index (χ0v) is 13.6. The molecule has 8 heteroatoms. The predicted molar refractivity (Wildman–Crippen MR) is 85.4 cm³/mol. The largest absolute Gasteiger partial charge is 0.416 e. The number of benzene rings is 2. The Morgan fingerprint density at radius 2 is 1.87 bits per heavy atom. The lowest BCUT2D eigenvalue weighted by Crippen LogP contribution is -2.14. The number of carbonyl (C=O) groups excluding carboxylic acids is 1. The molecule has 0 aromatic heterocycles. The van der Waals surface area contributed by atoms with Crippen molar-refractivity contribution in [2.75, 3.05) is 5.32 Å². The van der Waals surface area contributed by atoms with Gasteiger partial charge < -0.3 is 5.32 Å². The number of alkyl halides is 3. The third-order valence-electron chi connectivity index (χ3n) is 3.21. The summed E-state index contributed by atoms with van der Waals surface area (Å²) < 4.78 is 39.1. The smallest absolute Gasteiger partial charge is 0.320 e. The normalized spacial score (nSPS) is 15.7. The zero-order valence-electron chi connectivity index (χ0n) is 11.2. The number of nitrogens with one attached hydrogen (secondary N) is 1. The highest BCUT2D eigenvalue weighted by Crippen LogP contribution is 2.36. The lowest BCUT2D eigenvalue weighted by Gasteiger charge is -2.08. The number of hydrogen-bond donors (Lipinski definition) is 1. The molecule has 2 aromatic rings. The molecule has 1 aliphatic heterocycles. The van der Waals surface area contributed by atoms with Gasteiger partial charge in [0.15, 0.2) is 0 Å². The van der Waals surface area contributed by atoms with Crippen molar-refractivity contribution < 1.29 is 18.0 Å². The Morgan fingerprint density at radius 3 is 2.57 bits per heavy atom. The van der Waals surface area contributed by atoms with Gasteiger partial charge in [-0.1, -0.05) is 27.5 Å². The molecular formula is C15H7BrClF3N2O. The first-order valence-corrected chi connectivity index (χ1v) is 7.49. The molecule has 0 radical (unpaired) electrons. The summed E-state index contributed by atoms with van der Waals surface area (Å²) in [5.41, 5.74) is 0.0639. The van der Waals surface area contributed by atoms with Gasteiger partial charge in [-0.05, 0) is 36.4 Å². The number of anilines is 1. The standard InChI is InChI=1S/C15H7BrClF3N2O/c16-8-2-4-11-9(6-8)13(14(23)22-11)21-12-5-7(15(18,19)20)1-3-10(12)17/h1-6H,(H,21,22,23). The van der Waals surface area contributed by atoms with E-state index in [9.17, 15) is 18.0 Å². The first-order chi connectivity index (χ1) is 10.8. The van der Waals surface area contributed by atoms with E-state index in [1.165, 1.54) is 0 Å². The van der Waals surface area contributed by atoms with Crippen molar-refractivity contribution in [3.05, 3.63) is 57.0 Å². The van der Waals surface area contributed by atoms with Gasteiger partial charge in [0.1, 0.15) is 5.71 Å². The van der Waals surface area contributed by atoms with E-state index in [2.05, 4.69) is 26.2 Å². The number of hydrogen-bond acceptors (Lipinski definition) is 2. The van der Waals surface area contributed by atoms with Gasteiger partial charge in [0.25, 0.3) is 5.91 Å². The Hall–Kier alpha value is -1.86. The lowest BCUT2D eigenvalue weighted by molar-refractivity contribution is -0.137. The van der Waals surface area contributed by atoms with E-state index in [1.807, 2.05) is 0 Å².